The molecule has 6 nitrogen and oxygen atoms in total. The first-order chi connectivity index (χ1) is 12.1. The molecule has 1 aliphatic rings. The molecule has 0 unspecified atom stereocenters. The highest BCUT2D eigenvalue weighted by atomic mass is 35.5. The lowest BCUT2D eigenvalue weighted by molar-refractivity contribution is 0.216. The fraction of sp³-hybridized carbons (Fsp3) is 0.353. The van der Waals surface area contributed by atoms with E-state index in [1.54, 1.807) is 24.3 Å². The predicted molar refractivity (Wildman–Crippen MR) is 97.0 cm³/mol. The highest BCUT2D eigenvalue weighted by Crippen LogP contribution is 2.30. The van der Waals surface area contributed by atoms with E-state index < -0.39 is 0 Å². The van der Waals surface area contributed by atoms with Crippen LogP contribution in [0.15, 0.2) is 24.3 Å². The Bertz CT molecular complexity index is 921. The number of hydrogen-bond donors (Lipinski definition) is 1. The Hall–Kier alpha value is -1.89. The third-order valence-corrected chi connectivity index (χ3v) is 4.92. The lowest BCUT2D eigenvalue weighted by Crippen LogP contribution is -2.29. The van der Waals surface area contributed by atoms with Crippen LogP contribution in [0.25, 0.3) is 16.9 Å². The van der Waals surface area contributed by atoms with Crippen molar-refractivity contribution >= 4 is 28.8 Å². The van der Waals surface area contributed by atoms with Gasteiger partial charge >= 0.3 is 6.01 Å². The molecular formula is C17H17Cl2N5O. The lowest BCUT2D eigenvalue weighted by Gasteiger charge is -2.24. The molecule has 4 rings (SSSR count). The van der Waals surface area contributed by atoms with Crippen molar-refractivity contribution in [1.29, 1.82) is 0 Å². The number of halogens is 2. The topological polar surface area (TPSA) is 66.6 Å². The van der Waals surface area contributed by atoms with Crippen molar-refractivity contribution in [2.75, 3.05) is 13.1 Å². The molecule has 25 heavy (non-hydrogen) atoms. The summed E-state index contributed by atoms with van der Waals surface area (Å²) in [6.07, 6.45) is 3.70. The summed E-state index contributed by atoms with van der Waals surface area (Å²) < 4.78 is 1.35. The number of rotatable bonds is 3. The molecule has 130 valence electrons. The van der Waals surface area contributed by atoms with Crippen LogP contribution < -0.4 is 0 Å². The van der Waals surface area contributed by atoms with Crippen molar-refractivity contribution in [3.63, 3.8) is 0 Å². The van der Waals surface area contributed by atoms with E-state index >= 15 is 0 Å². The van der Waals surface area contributed by atoms with Crippen molar-refractivity contribution in [1.82, 2.24) is 24.5 Å². The summed E-state index contributed by atoms with van der Waals surface area (Å²) >= 11 is 12.2. The maximum atomic E-state index is 10.2. The van der Waals surface area contributed by atoms with Crippen LogP contribution in [-0.2, 0) is 6.54 Å². The van der Waals surface area contributed by atoms with Crippen LogP contribution in [-0.4, -0.2) is 42.7 Å². The summed E-state index contributed by atoms with van der Waals surface area (Å²) in [5, 5.41) is 15.6. The summed E-state index contributed by atoms with van der Waals surface area (Å²) in [7, 11) is 0. The Kier molecular flexibility index (Phi) is 4.50. The van der Waals surface area contributed by atoms with Crippen LogP contribution in [0, 0.1) is 0 Å². The Morgan fingerprint density at radius 2 is 1.84 bits per heavy atom. The molecule has 0 saturated carbocycles. The van der Waals surface area contributed by atoms with E-state index in [1.165, 1.54) is 23.8 Å². The molecule has 0 aliphatic carbocycles. The summed E-state index contributed by atoms with van der Waals surface area (Å²) in [5.41, 5.74) is 1.76. The van der Waals surface area contributed by atoms with Crippen LogP contribution in [0.4, 0.5) is 0 Å². The second-order valence-corrected chi connectivity index (χ2v) is 7.04. The first kappa shape index (κ1) is 16.6. The lowest BCUT2D eigenvalue weighted by atomic mass is 10.1. The summed E-state index contributed by atoms with van der Waals surface area (Å²) in [4.78, 5) is 11.1. The molecule has 1 aliphatic heterocycles. The average Bonchev–Trinajstić information content (AvgIpc) is 2.99. The Balaban J connectivity index is 1.69. The van der Waals surface area contributed by atoms with Gasteiger partial charge in [0.25, 0.3) is 0 Å². The van der Waals surface area contributed by atoms with E-state index in [1.807, 2.05) is 0 Å². The van der Waals surface area contributed by atoms with Gasteiger partial charge in [-0.05, 0) is 44.1 Å². The minimum absolute atomic E-state index is 0.212. The molecule has 0 amide bonds. The molecule has 0 spiro atoms. The van der Waals surface area contributed by atoms with Crippen molar-refractivity contribution in [2.24, 2.45) is 0 Å². The number of fused-ring (bicyclic) bond motifs is 1. The molecule has 0 bridgehead atoms. The quantitative estimate of drug-likeness (QED) is 0.751. The highest BCUT2D eigenvalue weighted by molar-refractivity contribution is 6.36. The molecule has 1 fully saturated rings. The van der Waals surface area contributed by atoms with Crippen LogP contribution >= 0.6 is 23.2 Å². The summed E-state index contributed by atoms with van der Waals surface area (Å²) in [6, 6.07) is 6.70. The van der Waals surface area contributed by atoms with Crippen LogP contribution in [0.2, 0.25) is 10.0 Å². The normalized spacial score (nSPS) is 15.8. The number of aromatic hydroxyl groups is 1. The van der Waals surface area contributed by atoms with E-state index in [2.05, 4.69) is 20.0 Å². The minimum Gasteiger partial charge on any atom is -0.479 e. The molecule has 1 N–H and O–H groups in total. The van der Waals surface area contributed by atoms with E-state index in [4.69, 9.17) is 23.2 Å². The average molecular weight is 378 g/mol. The zero-order valence-corrected chi connectivity index (χ0v) is 15.0. The second kappa shape index (κ2) is 6.78. The zero-order valence-electron chi connectivity index (χ0n) is 13.5. The van der Waals surface area contributed by atoms with Crippen LogP contribution in [0.1, 0.15) is 25.1 Å². The number of likely N-dealkylation sites (tertiary alicyclic amines) is 1. The number of piperidine rings is 1. The van der Waals surface area contributed by atoms with Crippen LogP contribution in [0.3, 0.4) is 0 Å². The van der Waals surface area contributed by atoms with Crippen LogP contribution in [0.5, 0.6) is 6.01 Å². The second-order valence-electron chi connectivity index (χ2n) is 6.20. The smallest absolute Gasteiger partial charge is 0.317 e. The molecule has 3 heterocycles. The predicted octanol–water partition coefficient (Wildman–Crippen LogP) is 3.79. The van der Waals surface area contributed by atoms with Crippen molar-refractivity contribution in [2.45, 2.75) is 25.8 Å². The van der Waals surface area contributed by atoms with E-state index in [-0.39, 0.29) is 6.01 Å². The third-order valence-electron chi connectivity index (χ3n) is 4.37. The number of aromatic nitrogens is 4. The van der Waals surface area contributed by atoms with Gasteiger partial charge < -0.3 is 5.11 Å². The Morgan fingerprint density at radius 3 is 2.60 bits per heavy atom. The summed E-state index contributed by atoms with van der Waals surface area (Å²) in [5.74, 6) is 0.679. The molecule has 2 aromatic heterocycles. The van der Waals surface area contributed by atoms with Gasteiger partial charge in [0.15, 0.2) is 11.5 Å². The SMILES string of the molecule is Oc1nc(-c2ccc(Cl)cc2Cl)cc2nc(CN3CCCCC3)nn12. The van der Waals surface area contributed by atoms with Gasteiger partial charge in [0.05, 0.1) is 17.3 Å². The molecular weight excluding hydrogens is 361 g/mol. The standard InChI is InChI=1S/C17H17Cl2N5O/c18-11-4-5-12(13(19)8-11)14-9-16-21-15(22-24(16)17(25)20-14)10-23-6-2-1-3-7-23/h4-5,8-9H,1-3,6-7,10H2,(H,20,25). The Morgan fingerprint density at radius 1 is 1.04 bits per heavy atom. The number of hydrogen-bond acceptors (Lipinski definition) is 5. The Labute approximate surface area is 155 Å². The van der Waals surface area contributed by atoms with Gasteiger partial charge in [0.1, 0.15) is 0 Å². The maximum absolute atomic E-state index is 10.2. The van der Waals surface area contributed by atoms with E-state index in [9.17, 15) is 5.11 Å². The largest absolute Gasteiger partial charge is 0.479 e. The van der Waals surface area contributed by atoms with Gasteiger partial charge in [-0.2, -0.15) is 9.50 Å². The van der Waals surface area contributed by atoms with E-state index in [0.29, 0.717) is 39.3 Å². The maximum Gasteiger partial charge on any atom is 0.317 e. The van der Waals surface area contributed by atoms with Crippen molar-refractivity contribution in [3.05, 3.63) is 40.1 Å². The van der Waals surface area contributed by atoms with Gasteiger partial charge in [-0.25, -0.2) is 4.98 Å². The summed E-state index contributed by atoms with van der Waals surface area (Å²) in [6.45, 7) is 2.80. The molecule has 1 saturated heterocycles. The fourth-order valence-electron chi connectivity index (χ4n) is 3.14. The molecule has 8 heteroatoms. The third kappa shape index (κ3) is 3.42. The van der Waals surface area contributed by atoms with Gasteiger partial charge in [-0.1, -0.05) is 29.6 Å². The van der Waals surface area contributed by atoms with Gasteiger partial charge in [0, 0.05) is 16.7 Å². The molecule has 3 aromatic rings. The fourth-order valence-corrected chi connectivity index (χ4v) is 3.64. The minimum atomic E-state index is -0.212. The first-order valence-corrected chi connectivity index (χ1v) is 8.99. The molecule has 1 aromatic carbocycles. The zero-order chi connectivity index (χ0) is 17.4. The van der Waals surface area contributed by atoms with Crippen molar-refractivity contribution in [3.8, 4) is 17.3 Å². The highest BCUT2D eigenvalue weighted by Gasteiger charge is 2.16. The molecule has 0 atom stereocenters. The number of benzene rings is 1. The van der Waals surface area contributed by atoms with Crippen molar-refractivity contribution < 1.29 is 5.11 Å². The van der Waals surface area contributed by atoms with Gasteiger partial charge in [-0.3, -0.25) is 4.90 Å². The van der Waals surface area contributed by atoms with Gasteiger partial charge in [0.2, 0.25) is 0 Å². The van der Waals surface area contributed by atoms with Gasteiger partial charge in [-0.15, -0.1) is 5.10 Å². The van der Waals surface area contributed by atoms with E-state index in [0.717, 1.165) is 13.1 Å². The molecule has 0 radical (unpaired) electrons. The monoisotopic (exact) mass is 377 g/mol. The first-order valence-electron chi connectivity index (χ1n) is 8.23. The number of nitrogens with zero attached hydrogens (tertiary/aromatic N) is 5.